The molecule has 2 aliphatic rings. The molecule has 0 unspecified atom stereocenters. The number of aromatic nitrogens is 1. The third kappa shape index (κ3) is 4.55. The lowest BCUT2D eigenvalue weighted by molar-refractivity contribution is 0.249. The Morgan fingerprint density at radius 3 is 2.85 bits per heavy atom. The minimum Gasteiger partial charge on any atom is -0.334 e. The van der Waals surface area contributed by atoms with Crippen molar-refractivity contribution in [2.45, 2.75) is 19.8 Å². The molecule has 33 heavy (non-hydrogen) atoms. The fourth-order valence-electron chi connectivity index (χ4n) is 3.85. The van der Waals surface area contributed by atoms with Gasteiger partial charge < -0.3 is 5.32 Å². The molecule has 0 fully saturated rings. The summed E-state index contributed by atoms with van der Waals surface area (Å²) in [5, 5.41) is 2.84. The number of benzene rings is 1. The largest absolute Gasteiger partial charge is 0.334 e. The van der Waals surface area contributed by atoms with Crippen LogP contribution in [0, 0.1) is 0 Å². The minimum absolute atomic E-state index is 0.185. The van der Waals surface area contributed by atoms with Gasteiger partial charge in [0.2, 0.25) is 0 Å². The molecule has 166 valence electrons. The first-order valence-electron chi connectivity index (χ1n) is 10.9. The molecule has 2 heterocycles. The molecule has 1 aromatic heterocycles. The molecule has 0 radical (unpaired) electrons. The molecular formula is C27H26N4O2. The van der Waals surface area contributed by atoms with Gasteiger partial charge in [-0.25, -0.2) is 14.7 Å². The molecule has 0 saturated heterocycles. The van der Waals surface area contributed by atoms with Gasteiger partial charge in [-0.05, 0) is 43.2 Å². The number of carbonyl (C=O) groups is 1. The first-order chi connectivity index (χ1) is 16.1. The van der Waals surface area contributed by atoms with Gasteiger partial charge in [0.15, 0.2) is 5.43 Å². The number of anilines is 2. The predicted molar refractivity (Wildman–Crippen MR) is 136 cm³/mol. The first-order valence-corrected chi connectivity index (χ1v) is 10.9. The van der Waals surface area contributed by atoms with Crippen molar-refractivity contribution in [1.82, 2.24) is 9.88 Å². The van der Waals surface area contributed by atoms with Crippen LogP contribution in [-0.4, -0.2) is 23.4 Å². The highest BCUT2D eigenvalue weighted by Crippen LogP contribution is 2.36. The maximum absolute atomic E-state index is 13.4. The number of allylic oxidation sites excluding steroid dienone is 8. The second-order valence-electron chi connectivity index (χ2n) is 7.64. The molecule has 6 heteroatoms. The highest BCUT2D eigenvalue weighted by Gasteiger charge is 2.26. The number of pyridine rings is 1. The number of fused-ring (bicyclic) bond motifs is 1. The molecule has 2 amide bonds. The number of nitrogens with one attached hydrogen (secondary N) is 1. The summed E-state index contributed by atoms with van der Waals surface area (Å²) in [6.07, 6.45) is 16.8. The molecule has 2 aromatic rings. The van der Waals surface area contributed by atoms with Gasteiger partial charge in [0.25, 0.3) is 0 Å². The zero-order valence-corrected chi connectivity index (χ0v) is 18.6. The number of hydrogen-bond acceptors (Lipinski definition) is 3. The third-order valence-corrected chi connectivity index (χ3v) is 5.37. The van der Waals surface area contributed by atoms with Crippen LogP contribution in [0.15, 0.2) is 95.3 Å². The molecule has 0 atom stereocenters. The molecule has 0 bridgehead atoms. The maximum atomic E-state index is 13.4. The van der Waals surface area contributed by atoms with E-state index in [0.29, 0.717) is 35.9 Å². The fourth-order valence-corrected chi connectivity index (χ4v) is 3.85. The molecule has 6 nitrogen and oxygen atoms in total. The van der Waals surface area contributed by atoms with Gasteiger partial charge in [0, 0.05) is 30.9 Å². The topological polar surface area (TPSA) is 66.7 Å². The summed E-state index contributed by atoms with van der Waals surface area (Å²) in [5.41, 5.74) is 2.65. The lowest BCUT2D eigenvalue weighted by Gasteiger charge is -2.28. The molecule has 4 rings (SSSR count). The van der Waals surface area contributed by atoms with Crippen molar-refractivity contribution >= 4 is 40.8 Å². The van der Waals surface area contributed by atoms with E-state index in [9.17, 15) is 9.59 Å². The fraction of sp³-hybridized carbons (Fsp3) is 0.148. The zero-order chi connectivity index (χ0) is 23.2. The summed E-state index contributed by atoms with van der Waals surface area (Å²) in [6, 6.07) is 10.4. The van der Waals surface area contributed by atoms with E-state index in [1.165, 1.54) is 11.0 Å². The van der Waals surface area contributed by atoms with Crippen LogP contribution in [0.3, 0.4) is 0 Å². The monoisotopic (exact) mass is 438 g/mol. The van der Waals surface area contributed by atoms with E-state index in [1.807, 2.05) is 78.3 Å². The van der Waals surface area contributed by atoms with Crippen molar-refractivity contribution in [3.8, 4) is 0 Å². The van der Waals surface area contributed by atoms with Crippen LogP contribution >= 0.6 is 0 Å². The Balaban J connectivity index is 2.06. The predicted octanol–water partition coefficient (Wildman–Crippen LogP) is 5.75. The van der Waals surface area contributed by atoms with Gasteiger partial charge >= 0.3 is 6.03 Å². The number of rotatable bonds is 5. The number of amides is 2. The second-order valence-corrected chi connectivity index (χ2v) is 7.64. The third-order valence-electron chi connectivity index (χ3n) is 5.37. The van der Waals surface area contributed by atoms with Gasteiger partial charge in [-0.2, -0.15) is 0 Å². The van der Waals surface area contributed by atoms with Crippen molar-refractivity contribution in [2.24, 2.45) is 4.99 Å². The van der Waals surface area contributed by atoms with Crippen molar-refractivity contribution in [3.05, 3.63) is 101 Å². The summed E-state index contributed by atoms with van der Waals surface area (Å²) in [6.45, 7) is 5.90. The molecule has 0 spiro atoms. The lowest BCUT2D eigenvalue weighted by atomic mass is 10.1. The van der Waals surface area contributed by atoms with Crippen LogP contribution in [0.2, 0.25) is 0 Å². The number of carbonyl (C=O) groups excluding carboxylic acids is 1. The van der Waals surface area contributed by atoms with E-state index in [1.54, 1.807) is 12.3 Å². The van der Waals surface area contributed by atoms with Crippen molar-refractivity contribution < 1.29 is 4.79 Å². The Labute approximate surface area is 193 Å². The number of aliphatic imine (C=N–C) groups is 1. The molecule has 1 aliphatic heterocycles. The second kappa shape index (κ2) is 9.96. The quantitative estimate of drug-likeness (QED) is 0.604. The number of hydrogen-bond donors (Lipinski definition) is 1. The Bertz CT molecular complexity index is 1280. The molecule has 1 aliphatic carbocycles. The lowest BCUT2D eigenvalue weighted by Crippen LogP contribution is -2.39. The highest BCUT2D eigenvalue weighted by atomic mass is 16.2. The van der Waals surface area contributed by atoms with Gasteiger partial charge in [-0.15, -0.1) is 6.58 Å². The standard InChI is InChI=1S/C27H26N4O2/c1-3-17-29-27(33)31(22-15-9-6-10-16-22)24-19-23(32)25-20(2)12-11-18-28-26(25)30(24)21-13-7-4-5-8-14-21/h3-4,6-10,12-16,18-19H,1,5,11,17H2,2H3,(H,29,33). The van der Waals surface area contributed by atoms with Crippen molar-refractivity contribution in [1.29, 1.82) is 0 Å². The summed E-state index contributed by atoms with van der Waals surface area (Å²) in [4.78, 5) is 32.9. The van der Waals surface area contributed by atoms with E-state index in [4.69, 9.17) is 0 Å². The van der Waals surface area contributed by atoms with Gasteiger partial charge in [0.1, 0.15) is 11.6 Å². The SMILES string of the molecule is C=CCNC(=O)N(c1ccccc1)c1cc(=O)c2c(n1C1=CC=CCC=C1)N=CCC=C2C. The molecule has 1 aromatic carbocycles. The van der Waals surface area contributed by atoms with E-state index >= 15 is 0 Å². The first kappa shape index (κ1) is 22.0. The van der Waals surface area contributed by atoms with E-state index < -0.39 is 0 Å². The van der Waals surface area contributed by atoms with Gasteiger partial charge in [0.05, 0.1) is 11.3 Å². The zero-order valence-electron chi connectivity index (χ0n) is 18.6. The average Bonchev–Trinajstić information content (AvgIpc) is 3.20. The van der Waals surface area contributed by atoms with Crippen LogP contribution < -0.4 is 15.6 Å². The van der Waals surface area contributed by atoms with Crippen molar-refractivity contribution in [3.63, 3.8) is 0 Å². The number of para-hydroxylation sites is 1. The van der Waals surface area contributed by atoms with E-state index in [-0.39, 0.29) is 11.5 Å². The molecular weight excluding hydrogens is 412 g/mol. The van der Waals surface area contributed by atoms with Gasteiger partial charge in [-0.1, -0.05) is 48.6 Å². The minimum atomic E-state index is -0.368. The Morgan fingerprint density at radius 1 is 1.24 bits per heavy atom. The Kier molecular flexibility index (Phi) is 6.64. The van der Waals surface area contributed by atoms with Crippen LogP contribution in [0.25, 0.3) is 11.3 Å². The van der Waals surface area contributed by atoms with Crippen LogP contribution in [0.5, 0.6) is 0 Å². The summed E-state index contributed by atoms with van der Waals surface area (Å²) >= 11 is 0. The number of nitrogens with zero attached hydrogens (tertiary/aromatic N) is 3. The van der Waals surface area contributed by atoms with Crippen LogP contribution in [0.4, 0.5) is 22.1 Å². The van der Waals surface area contributed by atoms with Crippen LogP contribution in [0.1, 0.15) is 25.3 Å². The summed E-state index contributed by atoms with van der Waals surface area (Å²) < 4.78 is 1.88. The Hall–Kier alpha value is -4.19. The van der Waals surface area contributed by atoms with E-state index in [2.05, 4.69) is 16.9 Å². The van der Waals surface area contributed by atoms with Crippen LogP contribution in [-0.2, 0) is 0 Å². The molecule has 1 N–H and O–H groups in total. The normalized spacial score (nSPS) is 14.5. The van der Waals surface area contributed by atoms with E-state index in [0.717, 1.165) is 17.7 Å². The Morgan fingerprint density at radius 2 is 2.06 bits per heavy atom. The maximum Gasteiger partial charge on any atom is 0.327 e. The smallest absolute Gasteiger partial charge is 0.327 e. The average molecular weight is 439 g/mol. The summed E-state index contributed by atoms with van der Waals surface area (Å²) in [7, 11) is 0. The van der Waals surface area contributed by atoms with Gasteiger partial charge in [-0.3, -0.25) is 9.36 Å². The molecule has 0 saturated carbocycles. The highest BCUT2D eigenvalue weighted by molar-refractivity contribution is 6.00. The number of urea groups is 1. The van der Waals surface area contributed by atoms with Crippen molar-refractivity contribution in [2.75, 3.05) is 11.4 Å². The summed E-state index contributed by atoms with van der Waals surface area (Å²) in [5.74, 6) is 0.914.